The monoisotopic (exact) mass is 353 g/mol. The van der Waals surface area contributed by atoms with Gasteiger partial charge in [0.1, 0.15) is 6.04 Å². The minimum absolute atomic E-state index is 0.0268. The summed E-state index contributed by atoms with van der Waals surface area (Å²) in [5.41, 5.74) is 1.92. The fourth-order valence-electron chi connectivity index (χ4n) is 2.74. The van der Waals surface area contributed by atoms with Crippen LogP contribution in [-0.2, 0) is 4.79 Å². The van der Waals surface area contributed by atoms with Crippen LogP contribution in [0.3, 0.4) is 0 Å². The Hall–Kier alpha value is -0.910. The molecule has 0 aliphatic carbocycles. The van der Waals surface area contributed by atoms with Crippen molar-refractivity contribution in [2.45, 2.75) is 32.4 Å². The third-order valence-electron chi connectivity index (χ3n) is 3.89. The lowest BCUT2D eigenvalue weighted by molar-refractivity contribution is -0.117. The molecule has 2 N–H and O–H groups in total. The molecule has 1 aromatic rings. The normalized spacial score (nSPS) is 19.0. The molecule has 116 valence electrons. The highest BCUT2D eigenvalue weighted by atomic mass is 79.9. The molecule has 1 heterocycles. The van der Waals surface area contributed by atoms with E-state index in [9.17, 15) is 4.79 Å². The molecule has 0 spiro atoms. The van der Waals surface area contributed by atoms with Crippen LogP contribution in [0.25, 0.3) is 0 Å². The quantitative estimate of drug-likeness (QED) is 0.826. The van der Waals surface area contributed by atoms with Gasteiger partial charge in [-0.05, 0) is 38.6 Å². The Morgan fingerprint density at radius 1 is 1.38 bits per heavy atom. The zero-order valence-electron chi connectivity index (χ0n) is 13.1. The maximum absolute atomic E-state index is 12.2. The van der Waals surface area contributed by atoms with Crippen LogP contribution in [-0.4, -0.2) is 37.5 Å². The van der Waals surface area contributed by atoms with Crippen LogP contribution in [0.2, 0.25) is 0 Å². The molecule has 1 aliphatic heterocycles. The van der Waals surface area contributed by atoms with Crippen molar-refractivity contribution < 1.29 is 4.79 Å². The molecule has 2 atom stereocenters. The summed E-state index contributed by atoms with van der Waals surface area (Å²) in [7, 11) is 4.18. The zero-order valence-corrected chi connectivity index (χ0v) is 14.7. The summed E-state index contributed by atoms with van der Waals surface area (Å²) in [6.07, 6.45) is 1.11. The lowest BCUT2D eigenvalue weighted by atomic mass is 10.0. The number of nitrogens with zero attached hydrogens (tertiary/aromatic N) is 1. The van der Waals surface area contributed by atoms with Crippen LogP contribution in [0.15, 0.2) is 22.7 Å². The van der Waals surface area contributed by atoms with E-state index in [1.807, 2.05) is 18.2 Å². The fraction of sp³-hybridized carbons (Fsp3) is 0.562. The lowest BCUT2D eigenvalue weighted by Gasteiger charge is -2.27. The number of fused-ring (bicyclic) bond motifs is 1. The molecule has 0 bridgehead atoms. The molecule has 1 aromatic carbocycles. The summed E-state index contributed by atoms with van der Waals surface area (Å²) < 4.78 is 0.973. The Kier molecular flexibility index (Phi) is 5.41. The predicted molar refractivity (Wildman–Crippen MR) is 90.4 cm³/mol. The first kappa shape index (κ1) is 16.5. The Morgan fingerprint density at radius 2 is 2.10 bits per heavy atom. The van der Waals surface area contributed by atoms with Gasteiger partial charge in [-0.1, -0.05) is 35.8 Å². The Bertz CT molecular complexity index is 516. The highest BCUT2D eigenvalue weighted by Gasteiger charge is 2.32. The summed E-state index contributed by atoms with van der Waals surface area (Å²) in [5.74, 6) is 0.662. The number of carbonyl (C=O) groups excluding carboxylic acids is 1. The molecule has 0 saturated carbocycles. The number of hydrogen-bond acceptors (Lipinski definition) is 3. The van der Waals surface area contributed by atoms with E-state index in [0.717, 1.165) is 28.7 Å². The van der Waals surface area contributed by atoms with Crippen LogP contribution in [0.4, 0.5) is 5.69 Å². The van der Waals surface area contributed by atoms with Gasteiger partial charge in [0.25, 0.3) is 0 Å². The zero-order chi connectivity index (χ0) is 15.6. The number of halogens is 1. The van der Waals surface area contributed by atoms with Crippen LogP contribution in [0, 0.1) is 5.92 Å². The topological polar surface area (TPSA) is 44.4 Å². The SMILES string of the molecule is CC(C)CC(CNC1C(=O)Nc2cccc(Br)c21)N(C)C. The van der Waals surface area contributed by atoms with Crippen molar-refractivity contribution in [2.75, 3.05) is 26.0 Å². The molecular weight excluding hydrogens is 330 g/mol. The summed E-state index contributed by atoms with van der Waals surface area (Å²) in [6.45, 7) is 5.25. The molecule has 5 heteroatoms. The molecule has 21 heavy (non-hydrogen) atoms. The smallest absolute Gasteiger partial charge is 0.246 e. The number of rotatable bonds is 6. The van der Waals surface area contributed by atoms with Gasteiger partial charge in [-0.25, -0.2) is 0 Å². The van der Waals surface area contributed by atoms with E-state index in [-0.39, 0.29) is 11.9 Å². The number of carbonyl (C=O) groups is 1. The average molecular weight is 354 g/mol. The van der Waals surface area contributed by atoms with Crippen molar-refractivity contribution in [2.24, 2.45) is 5.92 Å². The second-order valence-electron chi connectivity index (χ2n) is 6.28. The molecular formula is C16H24BrN3O. The molecule has 0 saturated heterocycles. The van der Waals surface area contributed by atoms with Crippen molar-refractivity contribution in [1.29, 1.82) is 0 Å². The molecule has 2 rings (SSSR count). The Balaban J connectivity index is 2.08. The van der Waals surface area contributed by atoms with Gasteiger partial charge in [0.15, 0.2) is 0 Å². The summed E-state index contributed by atoms with van der Waals surface area (Å²) in [4.78, 5) is 14.4. The first-order valence-corrected chi connectivity index (χ1v) is 8.18. The van der Waals surface area contributed by atoms with E-state index in [1.165, 1.54) is 0 Å². The minimum Gasteiger partial charge on any atom is -0.324 e. The van der Waals surface area contributed by atoms with E-state index in [2.05, 4.69) is 59.4 Å². The van der Waals surface area contributed by atoms with E-state index in [0.29, 0.717) is 12.0 Å². The minimum atomic E-state index is -0.273. The van der Waals surface area contributed by atoms with Crippen molar-refractivity contribution in [3.05, 3.63) is 28.2 Å². The van der Waals surface area contributed by atoms with Crippen molar-refractivity contribution >= 4 is 27.5 Å². The van der Waals surface area contributed by atoms with Gasteiger partial charge in [-0.2, -0.15) is 0 Å². The second-order valence-corrected chi connectivity index (χ2v) is 7.13. The number of hydrogen-bond donors (Lipinski definition) is 2. The van der Waals surface area contributed by atoms with Gasteiger partial charge in [-0.3, -0.25) is 4.79 Å². The summed E-state index contributed by atoms with van der Waals surface area (Å²) in [5, 5.41) is 6.37. The van der Waals surface area contributed by atoms with Crippen LogP contribution < -0.4 is 10.6 Å². The second kappa shape index (κ2) is 6.90. The van der Waals surface area contributed by atoms with Gasteiger partial charge < -0.3 is 15.5 Å². The number of nitrogens with one attached hydrogen (secondary N) is 2. The van der Waals surface area contributed by atoms with E-state index in [1.54, 1.807) is 0 Å². The largest absolute Gasteiger partial charge is 0.324 e. The third-order valence-corrected chi connectivity index (χ3v) is 4.58. The van der Waals surface area contributed by atoms with Crippen molar-refractivity contribution in [1.82, 2.24) is 10.2 Å². The predicted octanol–water partition coefficient (Wildman–Crippen LogP) is 3.01. The molecule has 1 aliphatic rings. The highest BCUT2D eigenvalue weighted by Crippen LogP contribution is 2.36. The number of likely N-dealkylation sites (N-methyl/N-ethyl adjacent to an activating group) is 1. The van der Waals surface area contributed by atoms with Crippen LogP contribution >= 0.6 is 15.9 Å². The third kappa shape index (κ3) is 3.84. The summed E-state index contributed by atoms with van der Waals surface area (Å²) in [6, 6.07) is 6.00. The van der Waals surface area contributed by atoms with Crippen molar-refractivity contribution in [3.63, 3.8) is 0 Å². The van der Waals surface area contributed by atoms with Gasteiger partial charge in [0.05, 0.1) is 0 Å². The Labute approximate surface area is 135 Å². The van der Waals surface area contributed by atoms with E-state index < -0.39 is 0 Å². The molecule has 4 nitrogen and oxygen atoms in total. The Morgan fingerprint density at radius 3 is 2.71 bits per heavy atom. The average Bonchev–Trinajstić information content (AvgIpc) is 2.71. The summed E-state index contributed by atoms with van der Waals surface area (Å²) >= 11 is 3.55. The van der Waals surface area contributed by atoms with Crippen LogP contribution in [0.1, 0.15) is 31.9 Å². The molecule has 1 amide bonds. The molecule has 0 aromatic heterocycles. The lowest BCUT2D eigenvalue weighted by Crippen LogP contribution is -2.41. The first-order chi connectivity index (χ1) is 9.90. The van der Waals surface area contributed by atoms with Crippen molar-refractivity contribution in [3.8, 4) is 0 Å². The number of amides is 1. The first-order valence-electron chi connectivity index (χ1n) is 7.39. The number of benzene rings is 1. The van der Waals surface area contributed by atoms with E-state index in [4.69, 9.17) is 0 Å². The van der Waals surface area contributed by atoms with Crippen LogP contribution in [0.5, 0.6) is 0 Å². The van der Waals surface area contributed by atoms with E-state index >= 15 is 0 Å². The van der Waals surface area contributed by atoms with Gasteiger partial charge >= 0.3 is 0 Å². The highest BCUT2D eigenvalue weighted by molar-refractivity contribution is 9.10. The maximum Gasteiger partial charge on any atom is 0.246 e. The fourth-order valence-corrected chi connectivity index (χ4v) is 3.34. The number of anilines is 1. The van der Waals surface area contributed by atoms with Gasteiger partial charge in [-0.15, -0.1) is 0 Å². The standard InChI is InChI=1S/C16H24BrN3O/c1-10(2)8-11(20(3)4)9-18-15-14-12(17)6-5-7-13(14)19-16(15)21/h5-7,10-11,15,18H,8-9H2,1-4H3,(H,19,21). The van der Waals surface area contributed by atoms with Gasteiger partial charge in [0.2, 0.25) is 5.91 Å². The molecule has 0 fully saturated rings. The van der Waals surface area contributed by atoms with Gasteiger partial charge in [0, 0.05) is 28.3 Å². The molecule has 2 unspecified atom stereocenters. The maximum atomic E-state index is 12.2. The molecule has 0 radical (unpaired) electrons.